The highest BCUT2D eigenvalue weighted by Gasteiger charge is 2.39. The summed E-state index contributed by atoms with van der Waals surface area (Å²) in [5, 5.41) is 1.50. The van der Waals surface area contributed by atoms with Gasteiger partial charge in [-0.1, -0.05) is 48.7 Å². The standard InChI is InChI=1S/C23H22ClFN2O/c24-17-9-5-10-18(25)20(17)22-21-16(15-8-3-4-11-19(15)26-21)12-13-27(22)23(28)14-6-1-2-7-14/h3-5,8-11,14,22,26H,1-2,6-7,12-13H2. The number of carbonyl (C=O) groups excluding carboxylic acids is 1. The van der Waals surface area contributed by atoms with Crippen LogP contribution in [-0.4, -0.2) is 22.3 Å². The van der Waals surface area contributed by atoms with Crippen LogP contribution in [0.3, 0.4) is 0 Å². The fourth-order valence-electron chi connectivity index (χ4n) is 4.96. The molecule has 2 aromatic carbocycles. The van der Waals surface area contributed by atoms with Crippen molar-refractivity contribution >= 4 is 28.4 Å². The van der Waals surface area contributed by atoms with Gasteiger partial charge in [0.2, 0.25) is 5.91 Å². The maximum absolute atomic E-state index is 15.0. The number of fused-ring (bicyclic) bond motifs is 3. The first kappa shape index (κ1) is 17.7. The first-order chi connectivity index (χ1) is 13.6. The topological polar surface area (TPSA) is 36.1 Å². The van der Waals surface area contributed by atoms with E-state index >= 15 is 0 Å². The highest BCUT2D eigenvalue weighted by Crippen LogP contribution is 2.43. The molecular weight excluding hydrogens is 375 g/mol. The van der Waals surface area contributed by atoms with Crippen molar-refractivity contribution < 1.29 is 9.18 Å². The number of hydrogen-bond acceptors (Lipinski definition) is 1. The van der Waals surface area contributed by atoms with E-state index < -0.39 is 6.04 Å². The second kappa shape index (κ2) is 6.93. The lowest BCUT2D eigenvalue weighted by atomic mass is 9.90. The second-order valence-electron chi connectivity index (χ2n) is 7.86. The highest BCUT2D eigenvalue weighted by molar-refractivity contribution is 6.31. The van der Waals surface area contributed by atoms with Gasteiger partial charge in [-0.25, -0.2) is 4.39 Å². The SMILES string of the molecule is O=C(C1CCCC1)N1CCc2c([nH]c3ccccc23)C1c1c(F)cccc1Cl. The lowest BCUT2D eigenvalue weighted by Gasteiger charge is -2.38. The lowest BCUT2D eigenvalue weighted by molar-refractivity contribution is -0.137. The summed E-state index contributed by atoms with van der Waals surface area (Å²) < 4.78 is 15.0. The van der Waals surface area contributed by atoms with Crippen LogP contribution in [0.5, 0.6) is 0 Å². The minimum atomic E-state index is -0.516. The first-order valence-corrected chi connectivity index (χ1v) is 10.4. The molecule has 1 fully saturated rings. The molecular formula is C23H22ClFN2O. The zero-order chi connectivity index (χ0) is 19.3. The largest absolute Gasteiger partial charge is 0.356 e. The molecule has 1 aliphatic heterocycles. The number of nitrogens with zero attached hydrogens (tertiary/aromatic N) is 1. The van der Waals surface area contributed by atoms with Gasteiger partial charge in [0.15, 0.2) is 0 Å². The van der Waals surface area contributed by atoms with Gasteiger partial charge >= 0.3 is 0 Å². The van der Waals surface area contributed by atoms with Crippen LogP contribution in [0.1, 0.15) is 48.5 Å². The molecule has 1 atom stereocenters. The van der Waals surface area contributed by atoms with E-state index in [-0.39, 0.29) is 17.6 Å². The van der Waals surface area contributed by atoms with Crippen molar-refractivity contribution in [1.29, 1.82) is 0 Å². The molecule has 0 bridgehead atoms. The fourth-order valence-corrected chi connectivity index (χ4v) is 5.22. The molecule has 2 heterocycles. The Morgan fingerprint density at radius 2 is 1.89 bits per heavy atom. The van der Waals surface area contributed by atoms with Crippen LogP contribution < -0.4 is 0 Å². The number of rotatable bonds is 2. The van der Waals surface area contributed by atoms with Crippen LogP contribution in [0.25, 0.3) is 10.9 Å². The average molecular weight is 397 g/mol. The predicted octanol–water partition coefficient (Wildman–Crippen LogP) is 5.62. The number of hydrogen-bond donors (Lipinski definition) is 1. The molecule has 0 spiro atoms. The Morgan fingerprint density at radius 3 is 2.68 bits per heavy atom. The van der Waals surface area contributed by atoms with E-state index in [1.54, 1.807) is 12.1 Å². The Bertz CT molecular complexity index is 1030. The van der Waals surface area contributed by atoms with Gasteiger partial charge in [0.1, 0.15) is 11.9 Å². The quantitative estimate of drug-likeness (QED) is 0.599. The Kier molecular flexibility index (Phi) is 4.39. The van der Waals surface area contributed by atoms with Gasteiger partial charge in [-0.2, -0.15) is 0 Å². The monoisotopic (exact) mass is 396 g/mol. The predicted molar refractivity (Wildman–Crippen MR) is 109 cm³/mol. The van der Waals surface area contributed by atoms with Crippen molar-refractivity contribution in [2.75, 3.05) is 6.54 Å². The number of aromatic amines is 1. The number of benzene rings is 2. The summed E-state index contributed by atoms with van der Waals surface area (Å²) in [6, 6.07) is 12.3. The Balaban J connectivity index is 1.69. The van der Waals surface area contributed by atoms with Crippen LogP contribution in [0.2, 0.25) is 5.02 Å². The number of para-hydroxylation sites is 1. The van der Waals surface area contributed by atoms with E-state index in [1.165, 1.54) is 6.07 Å². The van der Waals surface area contributed by atoms with Crippen molar-refractivity contribution in [3.05, 3.63) is 70.1 Å². The molecule has 2 aliphatic rings. The smallest absolute Gasteiger partial charge is 0.226 e. The van der Waals surface area contributed by atoms with Crippen molar-refractivity contribution in [2.24, 2.45) is 5.92 Å². The molecule has 0 saturated heterocycles. The summed E-state index contributed by atoms with van der Waals surface area (Å²) in [6.45, 7) is 0.583. The summed E-state index contributed by atoms with van der Waals surface area (Å²) in [5.74, 6) is -0.196. The molecule has 1 N–H and O–H groups in total. The highest BCUT2D eigenvalue weighted by atomic mass is 35.5. The molecule has 1 unspecified atom stereocenters. The molecule has 144 valence electrons. The molecule has 1 aromatic heterocycles. The van der Waals surface area contributed by atoms with Gasteiger partial charge in [-0.05, 0) is 43.0 Å². The summed E-state index contributed by atoms with van der Waals surface area (Å²) in [4.78, 5) is 18.7. The zero-order valence-corrected chi connectivity index (χ0v) is 16.3. The minimum absolute atomic E-state index is 0.0407. The number of aromatic nitrogens is 1. The lowest BCUT2D eigenvalue weighted by Crippen LogP contribution is -2.43. The molecule has 1 amide bonds. The first-order valence-electron chi connectivity index (χ1n) is 9.99. The Morgan fingerprint density at radius 1 is 1.11 bits per heavy atom. The maximum atomic E-state index is 15.0. The van der Waals surface area contributed by atoms with Crippen molar-refractivity contribution in [2.45, 2.75) is 38.1 Å². The molecule has 1 saturated carbocycles. The molecule has 28 heavy (non-hydrogen) atoms. The molecule has 5 rings (SSSR count). The van der Waals surface area contributed by atoms with Crippen molar-refractivity contribution in [3.63, 3.8) is 0 Å². The van der Waals surface area contributed by atoms with Crippen LogP contribution >= 0.6 is 11.6 Å². The summed E-state index contributed by atoms with van der Waals surface area (Å²) in [6.07, 6.45) is 4.79. The van der Waals surface area contributed by atoms with Gasteiger partial charge in [-0.15, -0.1) is 0 Å². The number of nitrogens with one attached hydrogen (secondary N) is 1. The van der Waals surface area contributed by atoms with Gasteiger partial charge in [0, 0.05) is 39.6 Å². The van der Waals surface area contributed by atoms with Crippen LogP contribution in [0.4, 0.5) is 4.39 Å². The summed E-state index contributed by atoms with van der Waals surface area (Å²) >= 11 is 6.47. The summed E-state index contributed by atoms with van der Waals surface area (Å²) in [5.41, 5.74) is 3.46. The van der Waals surface area contributed by atoms with Gasteiger partial charge < -0.3 is 9.88 Å². The van der Waals surface area contributed by atoms with E-state index in [0.717, 1.165) is 54.3 Å². The van der Waals surface area contributed by atoms with E-state index in [0.29, 0.717) is 17.1 Å². The number of amides is 1. The second-order valence-corrected chi connectivity index (χ2v) is 8.27. The molecule has 0 radical (unpaired) electrons. The van der Waals surface area contributed by atoms with Crippen LogP contribution in [0, 0.1) is 11.7 Å². The van der Waals surface area contributed by atoms with Crippen LogP contribution in [0.15, 0.2) is 42.5 Å². The number of halogens is 2. The third kappa shape index (κ3) is 2.74. The van der Waals surface area contributed by atoms with Gasteiger partial charge in [0.05, 0.1) is 0 Å². The zero-order valence-electron chi connectivity index (χ0n) is 15.6. The molecule has 3 nitrogen and oxygen atoms in total. The van der Waals surface area contributed by atoms with E-state index in [2.05, 4.69) is 11.1 Å². The Labute approximate surface area is 168 Å². The maximum Gasteiger partial charge on any atom is 0.226 e. The van der Waals surface area contributed by atoms with Crippen molar-refractivity contribution in [1.82, 2.24) is 9.88 Å². The third-order valence-electron chi connectivity index (χ3n) is 6.30. The van der Waals surface area contributed by atoms with E-state index in [4.69, 9.17) is 11.6 Å². The third-order valence-corrected chi connectivity index (χ3v) is 6.62. The minimum Gasteiger partial charge on any atom is -0.356 e. The number of H-pyrrole nitrogens is 1. The van der Waals surface area contributed by atoms with Gasteiger partial charge in [0.25, 0.3) is 0 Å². The normalized spacial score (nSPS) is 19.9. The molecule has 5 heteroatoms. The number of carbonyl (C=O) groups is 1. The van der Waals surface area contributed by atoms with E-state index in [9.17, 15) is 9.18 Å². The summed E-state index contributed by atoms with van der Waals surface area (Å²) in [7, 11) is 0. The van der Waals surface area contributed by atoms with Crippen molar-refractivity contribution in [3.8, 4) is 0 Å². The van der Waals surface area contributed by atoms with Crippen LogP contribution in [-0.2, 0) is 11.2 Å². The van der Waals surface area contributed by atoms with E-state index in [1.807, 2.05) is 23.1 Å². The molecule has 3 aromatic rings. The van der Waals surface area contributed by atoms with Gasteiger partial charge in [-0.3, -0.25) is 4.79 Å². The average Bonchev–Trinajstić information content (AvgIpc) is 3.35. The Hall–Kier alpha value is -2.33. The molecule has 1 aliphatic carbocycles. The fraction of sp³-hybridized carbons (Fsp3) is 0.348.